The van der Waals surface area contributed by atoms with Crippen molar-refractivity contribution in [3.8, 4) is 0 Å². The van der Waals surface area contributed by atoms with Crippen LogP contribution in [-0.4, -0.2) is 30.7 Å². The molecule has 0 aliphatic carbocycles. The summed E-state index contributed by atoms with van der Waals surface area (Å²) in [4.78, 5) is 15.6. The average molecular weight is 309 g/mol. The number of aromatic amines is 1. The smallest absolute Gasteiger partial charge is 0.347 e. The molecule has 3 aromatic heterocycles. The Hall–Kier alpha value is -2.28. The van der Waals surface area contributed by atoms with E-state index in [0.717, 1.165) is 30.8 Å². The van der Waals surface area contributed by atoms with E-state index >= 15 is 0 Å². The van der Waals surface area contributed by atoms with E-state index in [1.54, 1.807) is 18.7 Å². The second-order valence-corrected chi connectivity index (χ2v) is 4.73. The first-order valence-corrected chi connectivity index (χ1v) is 6.51. The molecule has 7 nitrogen and oxygen atoms in total. The van der Waals surface area contributed by atoms with Gasteiger partial charge in [-0.3, -0.25) is 0 Å². The van der Waals surface area contributed by atoms with Crippen molar-refractivity contribution in [3.63, 3.8) is 0 Å². The molecule has 8 heteroatoms. The van der Waals surface area contributed by atoms with Crippen molar-refractivity contribution in [2.75, 3.05) is 11.9 Å². The maximum atomic E-state index is 11.6. The van der Waals surface area contributed by atoms with Crippen LogP contribution in [0.4, 0.5) is 5.69 Å². The molecule has 0 aromatic carbocycles. The summed E-state index contributed by atoms with van der Waals surface area (Å²) in [6, 6.07) is 1.99. The van der Waals surface area contributed by atoms with Crippen LogP contribution in [0.1, 0.15) is 12.0 Å². The third-order valence-corrected chi connectivity index (χ3v) is 3.12. The molecule has 21 heavy (non-hydrogen) atoms. The summed E-state index contributed by atoms with van der Waals surface area (Å²) in [7, 11) is 0. The first-order chi connectivity index (χ1) is 9.74. The van der Waals surface area contributed by atoms with Crippen LogP contribution < -0.4 is 11.0 Å². The van der Waals surface area contributed by atoms with Crippen molar-refractivity contribution >= 4 is 23.7 Å². The molecular weight excluding hydrogens is 292 g/mol. The molecule has 0 saturated carbocycles. The highest BCUT2D eigenvalue weighted by Gasteiger charge is 2.06. The lowest BCUT2D eigenvalue weighted by molar-refractivity contribution is 0.661. The minimum absolute atomic E-state index is 0. The summed E-state index contributed by atoms with van der Waals surface area (Å²) in [5.74, 6) is 0. The average Bonchev–Trinajstić information content (AvgIpc) is 3.05. The largest absolute Gasteiger partial charge is 0.382 e. The lowest BCUT2D eigenvalue weighted by atomic mass is 10.2. The predicted molar refractivity (Wildman–Crippen MR) is 83.1 cm³/mol. The zero-order valence-corrected chi connectivity index (χ0v) is 12.4. The van der Waals surface area contributed by atoms with Crippen molar-refractivity contribution in [1.82, 2.24) is 24.1 Å². The Morgan fingerprint density at radius 3 is 3.05 bits per heavy atom. The number of anilines is 1. The van der Waals surface area contributed by atoms with Crippen LogP contribution >= 0.6 is 12.4 Å². The molecule has 3 aromatic rings. The fourth-order valence-corrected chi connectivity index (χ4v) is 2.18. The van der Waals surface area contributed by atoms with Gasteiger partial charge in [0, 0.05) is 31.7 Å². The van der Waals surface area contributed by atoms with Gasteiger partial charge in [-0.25, -0.2) is 19.3 Å². The van der Waals surface area contributed by atoms with Gasteiger partial charge in [-0.05, 0) is 25.0 Å². The van der Waals surface area contributed by atoms with Gasteiger partial charge in [0.15, 0.2) is 5.65 Å². The number of aromatic nitrogens is 5. The van der Waals surface area contributed by atoms with E-state index in [9.17, 15) is 4.79 Å². The van der Waals surface area contributed by atoms with Crippen molar-refractivity contribution < 1.29 is 0 Å². The Labute approximate surface area is 127 Å². The molecule has 3 heterocycles. The number of imidazole rings is 1. The number of fused-ring (bicyclic) bond motifs is 1. The normalized spacial score (nSPS) is 10.5. The third kappa shape index (κ3) is 3.25. The lowest BCUT2D eigenvalue weighted by Crippen LogP contribution is -2.11. The fourth-order valence-electron chi connectivity index (χ4n) is 2.18. The zero-order chi connectivity index (χ0) is 13.9. The highest BCUT2D eigenvalue weighted by atomic mass is 35.5. The molecular formula is C13H17ClN6O. The number of hydrogen-bond donors (Lipinski definition) is 2. The summed E-state index contributed by atoms with van der Waals surface area (Å²) in [6.07, 6.45) is 8.26. The quantitative estimate of drug-likeness (QED) is 0.699. The van der Waals surface area contributed by atoms with Gasteiger partial charge >= 0.3 is 5.69 Å². The summed E-state index contributed by atoms with van der Waals surface area (Å²) in [5.41, 5.74) is 2.29. The summed E-state index contributed by atoms with van der Waals surface area (Å²) in [5, 5.41) is 9.83. The van der Waals surface area contributed by atoms with E-state index in [4.69, 9.17) is 0 Å². The van der Waals surface area contributed by atoms with Crippen LogP contribution in [0.5, 0.6) is 0 Å². The molecule has 0 amide bonds. The maximum Gasteiger partial charge on any atom is 0.347 e. The molecule has 3 rings (SSSR count). The van der Waals surface area contributed by atoms with Gasteiger partial charge in [0.1, 0.15) is 0 Å². The molecule has 0 bridgehead atoms. The monoisotopic (exact) mass is 308 g/mol. The Kier molecular flexibility index (Phi) is 4.64. The Bertz CT molecular complexity index is 761. The second kappa shape index (κ2) is 6.45. The van der Waals surface area contributed by atoms with E-state index in [1.807, 2.05) is 23.8 Å². The van der Waals surface area contributed by atoms with Gasteiger partial charge in [0.25, 0.3) is 0 Å². The van der Waals surface area contributed by atoms with Gasteiger partial charge in [-0.15, -0.1) is 12.4 Å². The second-order valence-electron chi connectivity index (χ2n) is 4.73. The van der Waals surface area contributed by atoms with Crippen LogP contribution in [-0.2, 0) is 6.54 Å². The number of halogens is 1. The topological polar surface area (TPSA) is 80.0 Å². The predicted octanol–water partition coefficient (Wildman–Crippen LogP) is 1.45. The molecule has 0 radical (unpaired) electrons. The van der Waals surface area contributed by atoms with Crippen molar-refractivity contribution in [1.29, 1.82) is 0 Å². The number of H-pyrrole nitrogens is 1. The molecule has 0 aliphatic rings. The van der Waals surface area contributed by atoms with E-state index < -0.39 is 0 Å². The number of hydrogen-bond acceptors (Lipinski definition) is 4. The van der Waals surface area contributed by atoms with Crippen LogP contribution in [0.3, 0.4) is 0 Å². The Morgan fingerprint density at radius 1 is 1.43 bits per heavy atom. The molecule has 0 unspecified atom stereocenters. The molecule has 0 atom stereocenters. The molecule has 2 N–H and O–H groups in total. The molecule has 112 valence electrons. The standard InChI is InChI=1S/C13H16N6O.ClH/c1-10-7-11(12-16-17-13(20)19(12)8-10)15-3-2-5-18-6-4-14-9-18;/h4,6-9,15H,2-3,5H2,1H3,(H,17,20);1H. The number of nitrogens with zero attached hydrogens (tertiary/aromatic N) is 4. The third-order valence-electron chi connectivity index (χ3n) is 3.12. The van der Waals surface area contributed by atoms with Gasteiger partial charge in [0.2, 0.25) is 0 Å². The van der Waals surface area contributed by atoms with E-state index in [0.29, 0.717) is 5.65 Å². The Morgan fingerprint density at radius 2 is 2.29 bits per heavy atom. The number of nitrogens with one attached hydrogen (secondary N) is 2. The lowest BCUT2D eigenvalue weighted by Gasteiger charge is -2.08. The van der Waals surface area contributed by atoms with E-state index in [-0.39, 0.29) is 18.1 Å². The summed E-state index contributed by atoms with van der Waals surface area (Å²) in [6.45, 7) is 3.66. The van der Waals surface area contributed by atoms with Gasteiger partial charge < -0.3 is 9.88 Å². The van der Waals surface area contributed by atoms with E-state index in [1.165, 1.54) is 4.40 Å². The van der Waals surface area contributed by atoms with Crippen LogP contribution in [0.25, 0.3) is 5.65 Å². The molecule has 0 saturated heterocycles. The number of rotatable bonds is 5. The maximum absolute atomic E-state index is 11.6. The first-order valence-electron chi connectivity index (χ1n) is 6.51. The summed E-state index contributed by atoms with van der Waals surface area (Å²) >= 11 is 0. The SMILES string of the molecule is Cc1cc(NCCCn2ccnc2)c2n[nH]c(=O)n2c1.Cl. The first kappa shape index (κ1) is 15.1. The van der Waals surface area contributed by atoms with Gasteiger partial charge in [0.05, 0.1) is 12.0 Å². The molecule has 0 spiro atoms. The zero-order valence-electron chi connectivity index (χ0n) is 11.6. The number of aryl methyl sites for hydroxylation is 2. The highest BCUT2D eigenvalue weighted by molar-refractivity contribution is 5.85. The van der Waals surface area contributed by atoms with Crippen LogP contribution in [0.15, 0.2) is 35.8 Å². The molecule has 0 aliphatic heterocycles. The van der Waals surface area contributed by atoms with E-state index in [2.05, 4.69) is 20.5 Å². The Balaban J connectivity index is 0.00000161. The highest BCUT2D eigenvalue weighted by Crippen LogP contribution is 2.15. The molecule has 0 fully saturated rings. The van der Waals surface area contributed by atoms with Gasteiger partial charge in [-0.1, -0.05) is 0 Å². The number of pyridine rings is 1. The minimum Gasteiger partial charge on any atom is -0.382 e. The minimum atomic E-state index is -0.217. The van der Waals surface area contributed by atoms with Crippen LogP contribution in [0, 0.1) is 6.92 Å². The van der Waals surface area contributed by atoms with Crippen molar-refractivity contribution in [3.05, 3.63) is 47.0 Å². The van der Waals surface area contributed by atoms with Crippen molar-refractivity contribution in [2.45, 2.75) is 19.9 Å². The fraction of sp³-hybridized carbons (Fsp3) is 0.308. The summed E-state index contributed by atoms with van der Waals surface area (Å²) < 4.78 is 3.56. The van der Waals surface area contributed by atoms with Gasteiger partial charge in [-0.2, -0.15) is 5.10 Å². The van der Waals surface area contributed by atoms with Crippen molar-refractivity contribution in [2.24, 2.45) is 0 Å². The van der Waals surface area contributed by atoms with Crippen LogP contribution in [0.2, 0.25) is 0 Å².